The van der Waals surface area contributed by atoms with Gasteiger partial charge < -0.3 is 0 Å². The van der Waals surface area contributed by atoms with Gasteiger partial charge in [0.25, 0.3) is 0 Å². The molecule has 3 heteroatoms. The van der Waals surface area contributed by atoms with E-state index in [4.69, 9.17) is 11.6 Å². The molecule has 0 aliphatic carbocycles. The van der Waals surface area contributed by atoms with Crippen molar-refractivity contribution in [2.45, 2.75) is 0 Å². The SMILES string of the molecule is Clc1ccc2ncn[c]c2c1. The summed E-state index contributed by atoms with van der Waals surface area (Å²) in [5, 5.41) is 1.53. The topological polar surface area (TPSA) is 25.8 Å². The lowest BCUT2D eigenvalue weighted by Crippen LogP contribution is -1.79. The molecule has 2 rings (SSSR count). The number of nitrogens with zero attached hydrogens (tertiary/aromatic N) is 2. The quantitative estimate of drug-likeness (QED) is 0.594. The van der Waals surface area contributed by atoms with Crippen LogP contribution in [0.4, 0.5) is 0 Å². The number of halogens is 1. The summed E-state index contributed by atoms with van der Waals surface area (Å²) in [5.74, 6) is 0. The average Bonchev–Trinajstić information content (AvgIpc) is 2.04. The highest BCUT2D eigenvalue weighted by Gasteiger charge is 1.93. The molecule has 1 aromatic heterocycles. The summed E-state index contributed by atoms with van der Waals surface area (Å²) in [6.07, 6.45) is 4.26. The van der Waals surface area contributed by atoms with Crippen LogP contribution in [-0.2, 0) is 0 Å². The fourth-order valence-electron chi connectivity index (χ4n) is 0.900. The summed E-state index contributed by atoms with van der Waals surface area (Å²) in [5.41, 5.74) is 0.865. The Kier molecular flexibility index (Phi) is 1.47. The van der Waals surface area contributed by atoms with Crippen LogP contribution in [0, 0.1) is 6.20 Å². The highest BCUT2D eigenvalue weighted by atomic mass is 35.5. The van der Waals surface area contributed by atoms with E-state index in [1.54, 1.807) is 12.1 Å². The summed E-state index contributed by atoms with van der Waals surface area (Å²) in [4.78, 5) is 7.78. The van der Waals surface area contributed by atoms with Crippen molar-refractivity contribution in [1.29, 1.82) is 0 Å². The maximum Gasteiger partial charge on any atom is 0.116 e. The smallest absolute Gasteiger partial charge is 0.116 e. The molecule has 0 saturated carbocycles. The first-order valence-electron chi connectivity index (χ1n) is 3.14. The third-order valence-corrected chi connectivity index (χ3v) is 1.63. The zero-order valence-electron chi connectivity index (χ0n) is 5.58. The maximum atomic E-state index is 5.74. The molecule has 0 atom stereocenters. The van der Waals surface area contributed by atoms with E-state index in [0.717, 1.165) is 10.9 Å². The Labute approximate surface area is 68.9 Å². The van der Waals surface area contributed by atoms with Gasteiger partial charge in [0.15, 0.2) is 0 Å². The maximum absolute atomic E-state index is 5.74. The zero-order valence-corrected chi connectivity index (χ0v) is 6.34. The number of hydrogen-bond acceptors (Lipinski definition) is 2. The number of benzene rings is 1. The molecule has 0 amide bonds. The first-order chi connectivity index (χ1) is 5.36. The van der Waals surface area contributed by atoms with Crippen molar-refractivity contribution in [3.63, 3.8) is 0 Å². The molecule has 0 spiro atoms. The van der Waals surface area contributed by atoms with Crippen LogP contribution in [0.15, 0.2) is 24.5 Å². The first-order valence-corrected chi connectivity index (χ1v) is 3.52. The summed E-state index contributed by atoms with van der Waals surface area (Å²) < 4.78 is 0. The summed E-state index contributed by atoms with van der Waals surface area (Å²) in [6, 6.07) is 5.43. The lowest BCUT2D eigenvalue weighted by atomic mass is 10.2. The van der Waals surface area contributed by atoms with Crippen LogP contribution in [0.3, 0.4) is 0 Å². The Morgan fingerprint density at radius 2 is 2.27 bits per heavy atom. The van der Waals surface area contributed by atoms with Crippen molar-refractivity contribution < 1.29 is 0 Å². The van der Waals surface area contributed by atoms with Gasteiger partial charge in [-0.1, -0.05) is 11.6 Å². The Hall–Kier alpha value is -1.15. The molecule has 1 radical (unpaired) electrons. The lowest BCUT2D eigenvalue weighted by molar-refractivity contribution is 1.21. The standard InChI is InChI=1S/C8H4ClN2/c9-7-1-2-8-6(3-7)4-10-5-11-8/h1-3,5H. The van der Waals surface area contributed by atoms with Gasteiger partial charge in [-0.15, -0.1) is 0 Å². The molecule has 1 heterocycles. The molecule has 53 valence electrons. The molecular formula is C8H4ClN2. The van der Waals surface area contributed by atoms with Crippen LogP contribution in [0.2, 0.25) is 5.02 Å². The molecule has 0 fully saturated rings. The molecule has 2 nitrogen and oxygen atoms in total. The molecule has 0 aliphatic rings. The molecule has 0 saturated heterocycles. The lowest BCUT2D eigenvalue weighted by Gasteiger charge is -1.93. The van der Waals surface area contributed by atoms with Crippen LogP contribution < -0.4 is 0 Å². The van der Waals surface area contributed by atoms with E-state index in [1.807, 2.05) is 6.07 Å². The van der Waals surface area contributed by atoms with Gasteiger partial charge in [0.05, 0.1) is 5.52 Å². The van der Waals surface area contributed by atoms with E-state index in [2.05, 4.69) is 16.2 Å². The summed E-state index contributed by atoms with van der Waals surface area (Å²) >= 11 is 5.74. The van der Waals surface area contributed by atoms with Crippen LogP contribution in [-0.4, -0.2) is 9.97 Å². The van der Waals surface area contributed by atoms with Crippen molar-refractivity contribution in [3.05, 3.63) is 35.7 Å². The highest BCUT2D eigenvalue weighted by molar-refractivity contribution is 6.31. The van der Waals surface area contributed by atoms with Crippen LogP contribution >= 0.6 is 11.6 Å². The zero-order chi connectivity index (χ0) is 7.68. The highest BCUT2D eigenvalue weighted by Crippen LogP contribution is 2.15. The summed E-state index contributed by atoms with van der Waals surface area (Å²) in [7, 11) is 0. The average molecular weight is 164 g/mol. The predicted molar refractivity (Wildman–Crippen MR) is 43.4 cm³/mol. The van der Waals surface area contributed by atoms with Crippen LogP contribution in [0.5, 0.6) is 0 Å². The molecule has 0 unspecified atom stereocenters. The van der Waals surface area contributed by atoms with Gasteiger partial charge in [0.1, 0.15) is 12.5 Å². The van der Waals surface area contributed by atoms with Gasteiger partial charge in [-0.25, -0.2) is 9.97 Å². The minimum absolute atomic E-state index is 0.684. The predicted octanol–water partition coefficient (Wildman–Crippen LogP) is 2.08. The van der Waals surface area contributed by atoms with Crippen LogP contribution in [0.1, 0.15) is 0 Å². The molecule has 0 aliphatic heterocycles. The molecule has 0 bridgehead atoms. The third kappa shape index (κ3) is 1.17. The van der Waals surface area contributed by atoms with Crippen molar-refractivity contribution in [2.75, 3.05) is 0 Å². The number of aromatic nitrogens is 2. The monoisotopic (exact) mass is 163 g/mol. The molecule has 11 heavy (non-hydrogen) atoms. The first kappa shape index (κ1) is 6.55. The van der Waals surface area contributed by atoms with Crippen molar-refractivity contribution in [2.24, 2.45) is 0 Å². The van der Waals surface area contributed by atoms with Crippen LogP contribution in [0.25, 0.3) is 10.9 Å². The molecule has 0 N–H and O–H groups in total. The Morgan fingerprint density at radius 3 is 3.18 bits per heavy atom. The Balaban J connectivity index is 2.83. The minimum Gasteiger partial charge on any atom is -0.236 e. The second-order valence-electron chi connectivity index (χ2n) is 2.15. The fourth-order valence-corrected chi connectivity index (χ4v) is 1.07. The second kappa shape index (κ2) is 2.47. The van der Waals surface area contributed by atoms with Crippen molar-refractivity contribution >= 4 is 22.5 Å². The largest absolute Gasteiger partial charge is 0.236 e. The van der Waals surface area contributed by atoms with E-state index in [9.17, 15) is 0 Å². The van der Waals surface area contributed by atoms with E-state index in [-0.39, 0.29) is 0 Å². The van der Waals surface area contributed by atoms with Gasteiger partial charge in [0, 0.05) is 10.4 Å². The minimum atomic E-state index is 0.684. The van der Waals surface area contributed by atoms with E-state index < -0.39 is 0 Å². The number of fused-ring (bicyclic) bond motifs is 1. The molecule has 1 aromatic carbocycles. The number of hydrogen-bond donors (Lipinski definition) is 0. The molecular weight excluding hydrogens is 160 g/mol. The third-order valence-electron chi connectivity index (χ3n) is 1.40. The van der Waals surface area contributed by atoms with Gasteiger partial charge >= 0.3 is 0 Å². The van der Waals surface area contributed by atoms with Gasteiger partial charge in [-0.05, 0) is 18.2 Å². The number of rotatable bonds is 0. The Morgan fingerprint density at radius 1 is 1.36 bits per heavy atom. The van der Waals surface area contributed by atoms with E-state index >= 15 is 0 Å². The van der Waals surface area contributed by atoms with Gasteiger partial charge in [-0.2, -0.15) is 0 Å². The fraction of sp³-hybridized carbons (Fsp3) is 0. The van der Waals surface area contributed by atoms with E-state index in [0.29, 0.717) is 5.02 Å². The summed E-state index contributed by atoms with van der Waals surface area (Å²) in [6.45, 7) is 0. The van der Waals surface area contributed by atoms with Gasteiger partial charge in [0.2, 0.25) is 0 Å². The van der Waals surface area contributed by atoms with E-state index in [1.165, 1.54) is 6.33 Å². The van der Waals surface area contributed by atoms with Gasteiger partial charge in [-0.3, -0.25) is 0 Å². The van der Waals surface area contributed by atoms with Crippen molar-refractivity contribution in [1.82, 2.24) is 9.97 Å². The normalized spacial score (nSPS) is 10.3. The Bertz CT molecular complexity index is 387. The second-order valence-corrected chi connectivity index (χ2v) is 2.58. The molecule has 2 aromatic rings. The van der Waals surface area contributed by atoms with Crippen molar-refractivity contribution in [3.8, 4) is 0 Å².